The number of fused-ring (bicyclic) bond motifs is 1. The molecule has 3 nitrogen and oxygen atoms in total. The third-order valence-electron chi connectivity index (χ3n) is 5.13. The highest BCUT2D eigenvalue weighted by molar-refractivity contribution is 5.85. The van der Waals surface area contributed by atoms with Gasteiger partial charge in [0.25, 0.3) is 0 Å². The molecule has 2 aliphatic rings. The zero-order chi connectivity index (χ0) is 15.8. The number of likely N-dealkylation sites (tertiary alicyclic amines) is 1. The number of amides is 1. The molecule has 1 aliphatic carbocycles. The molecular formula is C20H21NO2. The van der Waals surface area contributed by atoms with Crippen molar-refractivity contribution in [1.82, 2.24) is 4.90 Å². The van der Waals surface area contributed by atoms with E-state index in [-0.39, 0.29) is 5.92 Å². The first kappa shape index (κ1) is 14.3. The molecule has 0 radical (unpaired) electrons. The Morgan fingerprint density at radius 2 is 1.78 bits per heavy atom. The molecule has 0 bridgehead atoms. The lowest BCUT2D eigenvalue weighted by Gasteiger charge is -2.28. The molecule has 0 N–H and O–H groups in total. The van der Waals surface area contributed by atoms with Gasteiger partial charge >= 0.3 is 0 Å². The van der Waals surface area contributed by atoms with Crippen molar-refractivity contribution < 1.29 is 9.53 Å². The van der Waals surface area contributed by atoms with Gasteiger partial charge in [0.2, 0.25) is 5.91 Å². The van der Waals surface area contributed by atoms with Crippen molar-refractivity contribution in [2.24, 2.45) is 11.8 Å². The van der Waals surface area contributed by atoms with E-state index in [0.717, 1.165) is 18.6 Å². The Morgan fingerprint density at radius 3 is 2.48 bits per heavy atom. The van der Waals surface area contributed by atoms with Crippen LogP contribution in [0.2, 0.25) is 0 Å². The van der Waals surface area contributed by atoms with Gasteiger partial charge in [0, 0.05) is 18.5 Å². The fraction of sp³-hybridized carbons (Fsp3) is 0.350. The molecule has 0 aromatic heterocycles. The molecule has 2 fully saturated rings. The number of piperidine rings is 1. The van der Waals surface area contributed by atoms with Gasteiger partial charge in [0.1, 0.15) is 5.75 Å². The maximum absolute atomic E-state index is 12.6. The molecule has 3 unspecified atom stereocenters. The summed E-state index contributed by atoms with van der Waals surface area (Å²) < 4.78 is 5.20. The van der Waals surface area contributed by atoms with Crippen LogP contribution in [0.3, 0.4) is 0 Å². The second kappa shape index (κ2) is 5.73. The molecular weight excluding hydrogens is 286 g/mol. The van der Waals surface area contributed by atoms with Crippen LogP contribution in [0.15, 0.2) is 54.6 Å². The number of hydrogen-bond acceptors (Lipinski definition) is 2. The minimum absolute atomic E-state index is 0.280. The minimum Gasteiger partial charge on any atom is -0.497 e. The van der Waals surface area contributed by atoms with Gasteiger partial charge in [-0.1, -0.05) is 42.5 Å². The zero-order valence-electron chi connectivity index (χ0n) is 13.3. The predicted molar refractivity (Wildman–Crippen MR) is 89.1 cm³/mol. The molecule has 1 aliphatic heterocycles. The Hall–Kier alpha value is -2.29. The van der Waals surface area contributed by atoms with E-state index in [1.165, 1.54) is 11.1 Å². The van der Waals surface area contributed by atoms with E-state index in [9.17, 15) is 4.79 Å². The van der Waals surface area contributed by atoms with E-state index in [1.54, 1.807) is 7.11 Å². The molecule has 1 saturated carbocycles. The van der Waals surface area contributed by atoms with Gasteiger partial charge in [0.15, 0.2) is 0 Å². The summed E-state index contributed by atoms with van der Waals surface area (Å²) in [6.07, 6.45) is 2.04. The minimum atomic E-state index is 0.280. The normalized spacial score (nSPS) is 25.3. The van der Waals surface area contributed by atoms with Gasteiger partial charge < -0.3 is 9.64 Å². The number of ether oxygens (including phenoxy) is 1. The molecule has 1 heterocycles. The number of rotatable bonds is 5. The third kappa shape index (κ3) is 2.72. The Morgan fingerprint density at radius 1 is 1.04 bits per heavy atom. The maximum atomic E-state index is 12.6. The molecule has 0 spiro atoms. The molecule has 118 valence electrons. The van der Waals surface area contributed by atoms with Gasteiger partial charge in [-0.25, -0.2) is 0 Å². The Bertz CT molecular complexity index is 695. The van der Waals surface area contributed by atoms with E-state index in [0.29, 0.717) is 24.4 Å². The van der Waals surface area contributed by atoms with E-state index in [1.807, 2.05) is 18.2 Å². The van der Waals surface area contributed by atoms with Crippen LogP contribution in [0.4, 0.5) is 0 Å². The van der Waals surface area contributed by atoms with E-state index in [4.69, 9.17) is 4.74 Å². The van der Waals surface area contributed by atoms with Gasteiger partial charge in [-0.3, -0.25) is 4.79 Å². The smallest absolute Gasteiger partial charge is 0.226 e. The quantitative estimate of drug-likeness (QED) is 0.848. The topological polar surface area (TPSA) is 29.5 Å². The lowest BCUT2D eigenvalue weighted by atomic mass is 10.0. The van der Waals surface area contributed by atoms with Crippen LogP contribution in [0.1, 0.15) is 17.5 Å². The predicted octanol–water partition coefficient (Wildman–Crippen LogP) is 3.28. The fourth-order valence-electron chi connectivity index (χ4n) is 3.77. The van der Waals surface area contributed by atoms with Gasteiger partial charge in [-0.05, 0) is 42.0 Å². The first-order chi connectivity index (χ1) is 11.3. The second-order valence-electron chi connectivity index (χ2n) is 6.58. The summed E-state index contributed by atoms with van der Waals surface area (Å²) in [5, 5.41) is 0. The monoisotopic (exact) mass is 307 g/mol. The summed E-state index contributed by atoms with van der Waals surface area (Å²) in [6.45, 7) is 0.702. The van der Waals surface area contributed by atoms with Crippen molar-refractivity contribution in [2.75, 3.05) is 7.11 Å². The van der Waals surface area contributed by atoms with Crippen molar-refractivity contribution in [3.05, 3.63) is 65.7 Å². The molecule has 23 heavy (non-hydrogen) atoms. The number of methoxy groups -OCH3 is 1. The average molecular weight is 307 g/mol. The number of carbonyl (C=O) groups is 1. The molecule has 1 amide bonds. The van der Waals surface area contributed by atoms with Gasteiger partial charge in [-0.2, -0.15) is 0 Å². The van der Waals surface area contributed by atoms with Gasteiger partial charge in [0.05, 0.1) is 7.11 Å². The number of nitrogens with zero attached hydrogens (tertiary/aromatic N) is 1. The Kier molecular flexibility index (Phi) is 3.56. The summed E-state index contributed by atoms with van der Waals surface area (Å²) in [4.78, 5) is 14.7. The lowest BCUT2D eigenvalue weighted by Crippen LogP contribution is -2.37. The molecule has 3 heteroatoms. The summed E-state index contributed by atoms with van der Waals surface area (Å²) in [6, 6.07) is 18.9. The summed E-state index contributed by atoms with van der Waals surface area (Å²) in [5.74, 6) is 2.03. The number of carbonyl (C=O) groups excluding carboxylic acids is 1. The summed E-state index contributed by atoms with van der Waals surface area (Å²) in [5.41, 5.74) is 2.48. The van der Waals surface area contributed by atoms with Crippen LogP contribution in [0, 0.1) is 11.8 Å². The maximum Gasteiger partial charge on any atom is 0.226 e. The van der Waals surface area contributed by atoms with Crippen molar-refractivity contribution in [3.8, 4) is 5.75 Å². The van der Waals surface area contributed by atoms with Crippen molar-refractivity contribution in [1.29, 1.82) is 0 Å². The van der Waals surface area contributed by atoms with Crippen LogP contribution in [-0.4, -0.2) is 24.0 Å². The summed E-state index contributed by atoms with van der Waals surface area (Å²) in [7, 11) is 1.67. The third-order valence-corrected chi connectivity index (χ3v) is 5.13. The molecule has 2 aromatic rings. The number of hydrogen-bond donors (Lipinski definition) is 0. The average Bonchev–Trinajstić information content (AvgIpc) is 3.35. The molecule has 1 saturated heterocycles. The Labute approximate surface area is 136 Å². The zero-order valence-corrected chi connectivity index (χ0v) is 13.3. The first-order valence-electron chi connectivity index (χ1n) is 8.23. The highest BCUT2D eigenvalue weighted by Crippen LogP contribution is 2.51. The van der Waals surface area contributed by atoms with E-state index >= 15 is 0 Å². The van der Waals surface area contributed by atoms with Crippen LogP contribution >= 0.6 is 0 Å². The molecule has 2 aromatic carbocycles. The van der Waals surface area contributed by atoms with Crippen LogP contribution < -0.4 is 4.74 Å². The van der Waals surface area contributed by atoms with Crippen LogP contribution in [0.25, 0.3) is 0 Å². The standard InChI is InChI=1S/C20H21NO2/c1-23-16-9-7-15(8-10-16)13-21-19(17-12-18(17)20(21)22)11-14-5-3-2-4-6-14/h2-10,17-19H,11-13H2,1H3. The first-order valence-corrected chi connectivity index (χ1v) is 8.23. The molecule has 3 atom stereocenters. The second-order valence-corrected chi connectivity index (χ2v) is 6.58. The lowest BCUT2D eigenvalue weighted by molar-refractivity contribution is -0.132. The number of benzene rings is 2. The van der Waals surface area contributed by atoms with Gasteiger partial charge in [-0.15, -0.1) is 0 Å². The van der Waals surface area contributed by atoms with Crippen molar-refractivity contribution in [3.63, 3.8) is 0 Å². The van der Waals surface area contributed by atoms with Crippen LogP contribution in [0.5, 0.6) is 5.75 Å². The summed E-state index contributed by atoms with van der Waals surface area (Å²) >= 11 is 0. The fourth-order valence-corrected chi connectivity index (χ4v) is 3.77. The SMILES string of the molecule is COc1ccc(CN2C(=O)C3CC3C2Cc2ccccc2)cc1. The van der Waals surface area contributed by atoms with E-state index < -0.39 is 0 Å². The Balaban J connectivity index is 1.52. The van der Waals surface area contributed by atoms with Crippen LogP contribution in [-0.2, 0) is 17.8 Å². The van der Waals surface area contributed by atoms with Crippen molar-refractivity contribution in [2.45, 2.75) is 25.4 Å². The highest BCUT2D eigenvalue weighted by Gasteiger charge is 2.57. The van der Waals surface area contributed by atoms with E-state index in [2.05, 4.69) is 41.3 Å². The largest absolute Gasteiger partial charge is 0.497 e. The van der Waals surface area contributed by atoms with Crippen molar-refractivity contribution >= 4 is 5.91 Å². The molecule has 4 rings (SSSR count). The highest BCUT2D eigenvalue weighted by atomic mass is 16.5.